The van der Waals surface area contributed by atoms with E-state index in [9.17, 15) is 9.59 Å². The van der Waals surface area contributed by atoms with Crippen molar-refractivity contribution in [2.24, 2.45) is 0 Å². The molecule has 0 saturated carbocycles. The summed E-state index contributed by atoms with van der Waals surface area (Å²) in [4.78, 5) is 25.2. The zero-order chi connectivity index (χ0) is 21.1. The van der Waals surface area contributed by atoms with E-state index in [-0.39, 0.29) is 11.5 Å². The van der Waals surface area contributed by atoms with Gasteiger partial charge in [0.05, 0.1) is 25.3 Å². The fourth-order valence-electron chi connectivity index (χ4n) is 3.01. The van der Waals surface area contributed by atoms with Crippen molar-refractivity contribution in [2.75, 3.05) is 14.2 Å². The SMILES string of the molecule is COc1ccc(C(=O)Oc2ccccc2/C=C2\Oc3cc(OC)ccc3C2=O)cc1. The number of fused-ring (bicyclic) bond motifs is 1. The first-order chi connectivity index (χ1) is 14.6. The number of carbonyl (C=O) groups is 2. The fourth-order valence-corrected chi connectivity index (χ4v) is 3.01. The van der Waals surface area contributed by atoms with E-state index in [1.54, 1.807) is 87.0 Å². The molecule has 1 aliphatic heterocycles. The second-order valence-electron chi connectivity index (χ2n) is 6.46. The average Bonchev–Trinajstić information content (AvgIpc) is 3.09. The van der Waals surface area contributed by atoms with Gasteiger partial charge in [-0.05, 0) is 48.5 Å². The molecule has 150 valence electrons. The van der Waals surface area contributed by atoms with Crippen molar-refractivity contribution in [3.05, 3.63) is 89.2 Å². The Labute approximate surface area is 173 Å². The molecule has 0 spiro atoms. The molecular weight excluding hydrogens is 384 g/mol. The molecule has 0 fully saturated rings. The third-order valence-electron chi connectivity index (χ3n) is 4.61. The molecule has 0 aromatic heterocycles. The summed E-state index contributed by atoms with van der Waals surface area (Å²) in [6.07, 6.45) is 1.56. The molecule has 0 amide bonds. The molecule has 0 atom stereocenters. The predicted octanol–water partition coefficient (Wildman–Crippen LogP) is 4.54. The molecule has 30 heavy (non-hydrogen) atoms. The highest BCUT2D eigenvalue weighted by atomic mass is 16.5. The molecule has 6 nitrogen and oxygen atoms in total. The van der Waals surface area contributed by atoms with Crippen LogP contribution in [-0.2, 0) is 0 Å². The summed E-state index contributed by atoms with van der Waals surface area (Å²) in [5.41, 5.74) is 1.38. The van der Waals surface area contributed by atoms with E-state index in [0.717, 1.165) is 0 Å². The number of ketones is 1. The Morgan fingerprint density at radius 2 is 1.60 bits per heavy atom. The lowest BCUT2D eigenvalue weighted by atomic mass is 10.1. The van der Waals surface area contributed by atoms with Gasteiger partial charge in [0.1, 0.15) is 23.0 Å². The van der Waals surface area contributed by atoms with Crippen LogP contribution in [0.1, 0.15) is 26.3 Å². The minimum Gasteiger partial charge on any atom is -0.497 e. The lowest BCUT2D eigenvalue weighted by Gasteiger charge is -2.08. The van der Waals surface area contributed by atoms with Gasteiger partial charge >= 0.3 is 5.97 Å². The van der Waals surface area contributed by atoms with Gasteiger partial charge in [-0.25, -0.2) is 4.79 Å². The van der Waals surface area contributed by atoms with Crippen LogP contribution in [0.4, 0.5) is 0 Å². The predicted molar refractivity (Wildman–Crippen MR) is 110 cm³/mol. The smallest absolute Gasteiger partial charge is 0.343 e. The zero-order valence-corrected chi connectivity index (χ0v) is 16.4. The highest BCUT2D eigenvalue weighted by molar-refractivity contribution is 6.14. The second-order valence-corrected chi connectivity index (χ2v) is 6.46. The number of rotatable bonds is 5. The largest absolute Gasteiger partial charge is 0.497 e. The van der Waals surface area contributed by atoms with Gasteiger partial charge < -0.3 is 18.9 Å². The summed E-state index contributed by atoms with van der Waals surface area (Å²) in [6.45, 7) is 0. The lowest BCUT2D eigenvalue weighted by Crippen LogP contribution is -2.09. The topological polar surface area (TPSA) is 71.1 Å². The molecule has 0 saturated heterocycles. The van der Waals surface area contributed by atoms with Gasteiger partial charge in [-0.3, -0.25) is 4.79 Å². The summed E-state index contributed by atoms with van der Waals surface area (Å²) in [6, 6.07) is 18.5. The number of hydrogen-bond donors (Lipinski definition) is 0. The number of benzene rings is 3. The zero-order valence-electron chi connectivity index (χ0n) is 16.4. The van der Waals surface area contributed by atoms with E-state index in [1.165, 1.54) is 0 Å². The summed E-state index contributed by atoms with van der Waals surface area (Å²) in [5.74, 6) is 1.36. The number of allylic oxidation sites excluding steroid dienone is 1. The Morgan fingerprint density at radius 1 is 0.900 bits per heavy atom. The van der Waals surface area contributed by atoms with Crippen LogP contribution in [0, 0.1) is 0 Å². The number of methoxy groups -OCH3 is 2. The molecule has 4 rings (SSSR count). The van der Waals surface area contributed by atoms with Crippen molar-refractivity contribution < 1.29 is 28.5 Å². The monoisotopic (exact) mass is 402 g/mol. The number of Topliss-reactive ketones (excluding diaryl/α,β-unsaturated/α-hetero) is 1. The highest BCUT2D eigenvalue weighted by Gasteiger charge is 2.28. The van der Waals surface area contributed by atoms with Gasteiger partial charge in [0.15, 0.2) is 5.76 Å². The molecular formula is C24H18O6. The Kier molecular flexibility index (Phi) is 5.22. The van der Waals surface area contributed by atoms with Gasteiger partial charge in [0.2, 0.25) is 5.78 Å². The minimum atomic E-state index is -0.518. The number of para-hydroxylation sites is 1. The first-order valence-electron chi connectivity index (χ1n) is 9.16. The summed E-state index contributed by atoms with van der Waals surface area (Å²) in [5, 5.41) is 0. The average molecular weight is 402 g/mol. The van der Waals surface area contributed by atoms with Gasteiger partial charge in [0, 0.05) is 11.6 Å². The Balaban J connectivity index is 1.59. The summed E-state index contributed by atoms with van der Waals surface area (Å²) in [7, 11) is 3.10. The summed E-state index contributed by atoms with van der Waals surface area (Å²) < 4.78 is 21.5. The first-order valence-corrected chi connectivity index (χ1v) is 9.16. The van der Waals surface area contributed by atoms with Crippen LogP contribution in [0.25, 0.3) is 6.08 Å². The molecule has 0 N–H and O–H groups in total. The molecule has 1 heterocycles. The lowest BCUT2D eigenvalue weighted by molar-refractivity contribution is 0.0734. The minimum absolute atomic E-state index is 0.145. The van der Waals surface area contributed by atoms with Crippen LogP contribution < -0.4 is 18.9 Å². The van der Waals surface area contributed by atoms with E-state index < -0.39 is 5.97 Å². The van der Waals surface area contributed by atoms with Crippen LogP contribution in [0.3, 0.4) is 0 Å². The standard InChI is InChI=1S/C24H18O6/c1-27-17-9-7-15(8-10-17)24(26)30-20-6-4-3-5-16(20)13-22-23(25)19-12-11-18(28-2)14-21(19)29-22/h3-14H,1-2H3/b22-13-. The van der Waals surface area contributed by atoms with Crippen molar-refractivity contribution in [2.45, 2.75) is 0 Å². The van der Waals surface area contributed by atoms with Gasteiger partial charge in [0.25, 0.3) is 0 Å². The number of hydrogen-bond acceptors (Lipinski definition) is 6. The Bertz CT molecular complexity index is 1140. The Hall–Kier alpha value is -4.06. The maximum absolute atomic E-state index is 12.7. The molecule has 1 aliphatic rings. The molecule has 3 aromatic carbocycles. The molecule has 0 bridgehead atoms. The molecule has 0 aliphatic carbocycles. The van der Waals surface area contributed by atoms with Gasteiger partial charge in [-0.1, -0.05) is 18.2 Å². The second kappa shape index (κ2) is 8.13. The molecule has 0 unspecified atom stereocenters. The molecule has 0 radical (unpaired) electrons. The number of esters is 1. The van der Waals surface area contributed by atoms with Crippen LogP contribution in [0.2, 0.25) is 0 Å². The third kappa shape index (κ3) is 3.75. The maximum atomic E-state index is 12.7. The molecule has 6 heteroatoms. The van der Waals surface area contributed by atoms with Crippen LogP contribution in [0.5, 0.6) is 23.0 Å². The Morgan fingerprint density at radius 3 is 2.33 bits per heavy atom. The van der Waals surface area contributed by atoms with Crippen molar-refractivity contribution in [1.82, 2.24) is 0 Å². The van der Waals surface area contributed by atoms with E-state index >= 15 is 0 Å². The number of ether oxygens (including phenoxy) is 4. The van der Waals surface area contributed by atoms with Gasteiger partial charge in [-0.15, -0.1) is 0 Å². The molecule has 3 aromatic rings. The van der Waals surface area contributed by atoms with Crippen molar-refractivity contribution in [3.8, 4) is 23.0 Å². The third-order valence-corrected chi connectivity index (χ3v) is 4.61. The van der Waals surface area contributed by atoms with E-state index in [2.05, 4.69) is 0 Å². The number of carbonyl (C=O) groups excluding carboxylic acids is 2. The fraction of sp³-hybridized carbons (Fsp3) is 0.0833. The normalized spacial score (nSPS) is 13.5. The van der Waals surface area contributed by atoms with Gasteiger partial charge in [-0.2, -0.15) is 0 Å². The summed E-state index contributed by atoms with van der Waals surface area (Å²) >= 11 is 0. The maximum Gasteiger partial charge on any atom is 0.343 e. The van der Waals surface area contributed by atoms with E-state index in [0.29, 0.717) is 39.7 Å². The van der Waals surface area contributed by atoms with Crippen LogP contribution >= 0.6 is 0 Å². The van der Waals surface area contributed by atoms with E-state index in [4.69, 9.17) is 18.9 Å². The van der Waals surface area contributed by atoms with Crippen LogP contribution in [0.15, 0.2) is 72.5 Å². The quantitative estimate of drug-likeness (QED) is 0.355. The van der Waals surface area contributed by atoms with Crippen molar-refractivity contribution in [1.29, 1.82) is 0 Å². The first kappa shape index (κ1) is 19.3. The van der Waals surface area contributed by atoms with Crippen LogP contribution in [-0.4, -0.2) is 26.0 Å². The van der Waals surface area contributed by atoms with Crippen molar-refractivity contribution in [3.63, 3.8) is 0 Å². The highest BCUT2D eigenvalue weighted by Crippen LogP contribution is 2.35. The van der Waals surface area contributed by atoms with E-state index in [1.807, 2.05) is 0 Å². The van der Waals surface area contributed by atoms with Crippen molar-refractivity contribution >= 4 is 17.8 Å².